The smallest absolute Gasteiger partial charge is 0.162 e. The predicted molar refractivity (Wildman–Crippen MR) is 102 cm³/mol. The van der Waals surface area contributed by atoms with Crippen molar-refractivity contribution in [2.45, 2.75) is 19.5 Å². The van der Waals surface area contributed by atoms with Crippen molar-refractivity contribution in [3.05, 3.63) is 66.1 Å². The molecule has 0 atom stereocenters. The lowest BCUT2D eigenvalue weighted by molar-refractivity contribution is 0.240. The Labute approximate surface area is 156 Å². The van der Waals surface area contributed by atoms with Gasteiger partial charge < -0.3 is 0 Å². The molecule has 0 N–H and O–H groups in total. The SMILES string of the molecule is Cn1nc(CN2CCc3nc(-c4cncnc4)ncc3C2)c2ccccc21. The summed E-state index contributed by atoms with van der Waals surface area (Å²) in [6, 6.07) is 8.38. The summed E-state index contributed by atoms with van der Waals surface area (Å²) >= 11 is 0. The summed E-state index contributed by atoms with van der Waals surface area (Å²) in [4.78, 5) is 19.8. The molecular weight excluding hydrogens is 338 g/mol. The first-order valence-corrected chi connectivity index (χ1v) is 9.01. The summed E-state index contributed by atoms with van der Waals surface area (Å²) in [5.74, 6) is 0.693. The Morgan fingerprint density at radius 3 is 2.81 bits per heavy atom. The summed E-state index contributed by atoms with van der Waals surface area (Å²) in [5, 5.41) is 5.95. The molecule has 0 radical (unpaired) electrons. The van der Waals surface area contributed by atoms with E-state index in [0.29, 0.717) is 5.82 Å². The molecule has 4 aromatic rings. The van der Waals surface area contributed by atoms with Crippen LogP contribution < -0.4 is 0 Å². The lowest BCUT2D eigenvalue weighted by Gasteiger charge is -2.27. The molecule has 1 aliphatic heterocycles. The van der Waals surface area contributed by atoms with E-state index < -0.39 is 0 Å². The Morgan fingerprint density at radius 2 is 1.93 bits per heavy atom. The molecule has 3 aromatic heterocycles. The van der Waals surface area contributed by atoms with E-state index in [4.69, 9.17) is 10.1 Å². The summed E-state index contributed by atoms with van der Waals surface area (Å²) in [6.45, 7) is 2.63. The van der Waals surface area contributed by atoms with Crippen LogP contribution in [0.3, 0.4) is 0 Å². The minimum absolute atomic E-state index is 0.693. The largest absolute Gasteiger partial charge is 0.293 e. The van der Waals surface area contributed by atoms with Crippen LogP contribution in [-0.4, -0.2) is 41.2 Å². The molecule has 1 aliphatic rings. The minimum atomic E-state index is 0.693. The molecule has 27 heavy (non-hydrogen) atoms. The molecule has 0 saturated heterocycles. The van der Waals surface area contributed by atoms with Crippen LogP contribution >= 0.6 is 0 Å². The number of para-hydroxylation sites is 1. The van der Waals surface area contributed by atoms with Gasteiger partial charge in [-0.1, -0.05) is 18.2 Å². The standard InChI is InChI=1S/C20H19N7/c1-26-19-5-3-2-4-16(19)18(25-26)12-27-7-6-17-15(11-27)10-23-20(24-17)14-8-21-13-22-9-14/h2-5,8-10,13H,6-7,11-12H2,1H3. The second-order valence-corrected chi connectivity index (χ2v) is 6.84. The fourth-order valence-corrected chi connectivity index (χ4v) is 3.68. The van der Waals surface area contributed by atoms with Crippen molar-refractivity contribution in [1.29, 1.82) is 0 Å². The van der Waals surface area contributed by atoms with Gasteiger partial charge in [-0.3, -0.25) is 9.58 Å². The van der Waals surface area contributed by atoms with Crippen LogP contribution in [0.15, 0.2) is 49.2 Å². The van der Waals surface area contributed by atoms with Crippen LogP contribution in [0, 0.1) is 0 Å². The van der Waals surface area contributed by atoms with Crippen molar-refractivity contribution < 1.29 is 0 Å². The third-order valence-electron chi connectivity index (χ3n) is 5.04. The number of hydrogen-bond acceptors (Lipinski definition) is 6. The average molecular weight is 357 g/mol. The number of fused-ring (bicyclic) bond motifs is 2. The number of aryl methyl sites for hydroxylation is 1. The molecule has 0 saturated carbocycles. The molecule has 7 heteroatoms. The lowest BCUT2D eigenvalue weighted by atomic mass is 10.1. The second-order valence-electron chi connectivity index (χ2n) is 6.84. The van der Waals surface area contributed by atoms with Crippen LogP contribution in [0.4, 0.5) is 0 Å². The van der Waals surface area contributed by atoms with E-state index in [-0.39, 0.29) is 0 Å². The van der Waals surface area contributed by atoms with Crippen LogP contribution in [0.2, 0.25) is 0 Å². The van der Waals surface area contributed by atoms with Gasteiger partial charge in [0.25, 0.3) is 0 Å². The zero-order valence-corrected chi connectivity index (χ0v) is 15.1. The van der Waals surface area contributed by atoms with Gasteiger partial charge in [-0.05, 0) is 6.07 Å². The van der Waals surface area contributed by atoms with Gasteiger partial charge >= 0.3 is 0 Å². The molecule has 0 amide bonds. The first-order valence-electron chi connectivity index (χ1n) is 9.01. The second kappa shape index (κ2) is 6.51. The zero-order valence-electron chi connectivity index (χ0n) is 15.1. The van der Waals surface area contributed by atoms with Gasteiger partial charge in [-0.2, -0.15) is 5.10 Å². The first kappa shape index (κ1) is 16.0. The van der Waals surface area contributed by atoms with E-state index in [9.17, 15) is 0 Å². The van der Waals surface area contributed by atoms with Gasteiger partial charge in [-0.15, -0.1) is 0 Å². The number of hydrogen-bond donors (Lipinski definition) is 0. The van der Waals surface area contributed by atoms with Gasteiger partial charge in [0.05, 0.1) is 22.5 Å². The Morgan fingerprint density at radius 1 is 1.07 bits per heavy atom. The molecule has 0 spiro atoms. The quantitative estimate of drug-likeness (QED) is 0.560. The molecule has 5 rings (SSSR count). The Balaban J connectivity index is 1.38. The van der Waals surface area contributed by atoms with Crippen molar-refractivity contribution in [3.8, 4) is 11.4 Å². The molecule has 4 heterocycles. The van der Waals surface area contributed by atoms with Crippen molar-refractivity contribution >= 4 is 10.9 Å². The number of benzene rings is 1. The maximum Gasteiger partial charge on any atom is 0.162 e. The fourth-order valence-electron chi connectivity index (χ4n) is 3.68. The monoisotopic (exact) mass is 357 g/mol. The van der Waals surface area contributed by atoms with Gasteiger partial charge in [0, 0.05) is 62.6 Å². The third-order valence-corrected chi connectivity index (χ3v) is 5.04. The zero-order chi connectivity index (χ0) is 18.2. The lowest BCUT2D eigenvalue weighted by Crippen LogP contribution is -2.31. The molecule has 134 valence electrons. The highest BCUT2D eigenvalue weighted by Gasteiger charge is 2.21. The van der Waals surface area contributed by atoms with Crippen LogP contribution in [0.5, 0.6) is 0 Å². The average Bonchev–Trinajstić information content (AvgIpc) is 3.04. The number of rotatable bonds is 3. The summed E-state index contributed by atoms with van der Waals surface area (Å²) in [6.07, 6.45) is 7.85. The molecule has 0 fully saturated rings. The van der Waals surface area contributed by atoms with Crippen molar-refractivity contribution in [2.24, 2.45) is 7.05 Å². The molecule has 7 nitrogen and oxygen atoms in total. The van der Waals surface area contributed by atoms with Crippen molar-refractivity contribution in [1.82, 2.24) is 34.6 Å². The normalized spacial score (nSPS) is 14.4. The maximum absolute atomic E-state index is 4.74. The Bertz CT molecular complexity index is 1100. The van der Waals surface area contributed by atoms with E-state index in [1.807, 2.05) is 17.9 Å². The maximum atomic E-state index is 4.74. The summed E-state index contributed by atoms with van der Waals surface area (Å²) in [7, 11) is 2.00. The third kappa shape index (κ3) is 2.96. The van der Waals surface area contributed by atoms with Gasteiger partial charge in [0.15, 0.2) is 5.82 Å². The van der Waals surface area contributed by atoms with Crippen LogP contribution in [0.1, 0.15) is 17.0 Å². The van der Waals surface area contributed by atoms with Crippen LogP contribution in [0.25, 0.3) is 22.3 Å². The number of aromatic nitrogens is 6. The van der Waals surface area contributed by atoms with Crippen molar-refractivity contribution in [3.63, 3.8) is 0 Å². The van der Waals surface area contributed by atoms with E-state index in [1.54, 1.807) is 12.4 Å². The highest BCUT2D eigenvalue weighted by atomic mass is 15.3. The summed E-state index contributed by atoms with van der Waals surface area (Å²) < 4.78 is 1.96. The van der Waals surface area contributed by atoms with E-state index in [0.717, 1.165) is 43.0 Å². The topological polar surface area (TPSA) is 72.6 Å². The summed E-state index contributed by atoms with van der Waals surface area (Å²) in [5.41, 5.74) is 5.44. The van der Waals surface area contributed by atoms with E-state index in [2.05, 4.69) is 44.1 Å². The van der Waals surface area contributed by atoms with Gasteiger partial charge in [0.1, 0.15) is 6.33 Å². The van der Waals surface area contributed by atoms with E-state index >= 15 is 0 Å². The van der Waals surface area contributed by atoms with Gasteiger partial charge in [-0.25, -0.2) is 19.9 Å². The first-order chi connectivity index (χ1) is 13.3. The molecule has 0 bridgehead atoms. The highest BCUT2D eigenvalue weighted by molar-refractivity contribution is 5.81. The molecule has 0 unspecified atom stereocenters. The van der Waals surface area contributed by atoms with Gasteiger partial charge in [0.2, 0.25) is 0 Å². The fraction of sp³-hybridized carbons (Fsp3) is 0.250. The molecule has 0 aliphatic carbocycles. The van der Waals surface area contributed by atoms with E-state index in [1.165, 1.54) is 22.8 Å². The number of nitrogens with zero attached hydrogens (tertiary/aromatic N) is 7. The Hall–Kier alpha value is -3.19. The van der Waals surface area contributed by atoms with Crippen LogP contribution in [-0.2, 0) is 26.6 Å². The molecule has 1 aromatic carbocycles. The predicted octanol–water partition coefficient (Wildman–Crippen LogP) is 2.38. The minimum Gasteiger partial charge on any atom is -0.293 e. The highest BCUT2D eigenvalue weighted by Crippen LogP contribution is 2.24. The van der Waals surface area contributed by atoms with Crippen molar-refractivity contribution in [2.75, 3.05) is 6.54 Å². The molecular formula is C20H19N7. The Kier molecular flexibility index (Phi) is 3.86.